The second-order valence-corrected chi connectivity index (χ2v) is 5.95. The summed E-state index contributed by atoms with van der Waals surface area (Å²) in [5, 5.41) is 1.33. The van der Waals surface area contributed by atoms with Gasteiger partial charge in [0, 0.05) is 37.1 Å². The molecular weight excluding hydrogens is 234 g/mol. The van der Waals surface area contributed by atoms with Gasteiger partial charge in [-0.05, 0) is 36.7 Å². The van der Waals surface area contributed by atoms with E-state index >= 15 is 0 Å². The van der Waals surface area contributed by atoms with E-state index in [-0.39, 0.29) is 0 Å². The van der Waals surface area contributed by atoms with E-state index in [9.17, 15) is 0 Å². The number of piperazine rings is 1. The van der Waals surface area contributed by atoms with Crippen LogP contribution in [0, 0.1) is 0 Å². The number of nitrogens with one attached hydrogen (secondary N) is 1. The van der Waals surface area contributed by atoms with Crippen LogP contribution in [0.4, 0.5) is 5.82 Å². The molecule has 3 heteroatoms. The number of fused-ring (bicyclic) bond motifs is 1. The van der Waals surface area contributed by atoms with Crippen LogP contribution in [0.25, 0.3) is 10.9 Å². The number of aromatic nitrogens is 1. The number of benzene rings is 1. The van der Waals surface area contributed by atoms with Crippen molar-refractivity contribution in [1.82, 2.24) is 9.88 Å². The normalized spacial score (nSPS) is 17.6. The fourth-order valence-corrected chi connectivity index (χ4v) is 2.71. The maximum Gasteiger partial charge on any atom is 0.106 e. The molecule has 3 nitrogen and oxygen atoms in total. The van der Waals surface area contributed by atoms with Gasteiger partial charge in [-0.1, -0.05) is 19.9 Å². The van der Waals surface area contributed by atoms with Crippen LogP contribution >= 0.6 is 0 Å². The van der Waals surface area contributed by atoms with Gasteiger partial charge in [-0.3, -0.25) is 0 Å². The number of hydrogen-bond acceptors (Lipinski definition) is 2. The van der Waals surface area contributed by atoms with Crippen LogP contribution in [0.3, 0.4) is 0 Å². The van der Waals surface area contributed by atoms with Crippen LogP contribution in [-0.2, 0) is 0 Å². The van der Waals surface area contributed by atoms with Crippen LogP contribution in [0.1, 0.15) is 25.3 Å². The minimum Gasteiger partial charge on any atom is -0.356 e. The van der Waals surface area contributed by atoms with E-state index in [4.69, 9.17) is 0 Å². The summed E-state index contributed by atoms with van der Waals surface area (Å²) in [6.07, 6.45) is 0. The topological polar surface area (TPSA) is 22.3 Å². The second-order valence-electron chi connectivity index (χ2n) is 5.95. The molecule has 0 spiro atoms. The third-order valence-corrected chi connectivity index (χ3v) is 4.14. The lowest BCUT2D eigenvalue weighted by Gasteiger charge is -2.32. The predicted molar refractivity (Wildman–Crippen MR) is 82.1 cm³/mol. The summed E-state index contributed by atoms with van der Waals surface area (Å²) in [6.45, 7) is 9.00. The van der Waals surface area contributed by atoms with Crippen molar-refractivity contribution in [3.63, 3.8) is 0 Å². The number of rotatable bonds is 2. The minimum absolute atomic E-state index is 0.589. The molecule has 0 aliphatic carbocycles. The first-order valence-electron chi connectivity index (χ1n) is 7.19. The molecule has 1 saturated heterocycles. The third-order valence-electron chi connectivity index (χ3n) is 4.14. The molecule has 0 saturated carbocycles. The number of aromatic amines is 1. The molecular formula is C16H23N3. The summed E-state index contributed by atoms with van der Waals surface area (Å²) < 4.78 is 0. The number of anilines is 1. The van der Waals surface area contributed by atoms with Gasteiger partial charge in [0.2, 0.25) is 0 Å². The summed E-state index contributed by atoms with van der Waals surface area (Å²) >= 11 is 0. The van der Waals surface area contributed by atoms with Gasteiger partial charge < -0.3 is 14.8 Å². The van der Waals surface area contributed by atoms with Crippen molar-refractivity contribution in [2.45, 2.75) is 19.8 Å². The Balaban J connectivity index is 1.89. The summed E-state index contributed by atoms with van der Waals surface area (Å²) in [5.41, 5.74) is 2.66. The van der Waals surface area contributed by atoms with Crippen molar-refractivity contribution >= 4 is 16.7 Å². The maximum absolute atomic E-state index is 3.55. The molecule has 1 aliphatic rings. The van der Waals surface area contributed by atoms with Crippen LogP contribution in [0.2, 0.25) is 0 Å². The van der Waals surface area contributed by atoms with Crippen LogP contribution in [0.5, 0.6) is 0 Å². The van der Waals surface area contributed by atoms with Gasteiger partial charge in [-0.2, -0.15) is 0 Å². The molecule has 0 amide bonds. The summed E-state index contributed by atoms with van der Waals surface area (Å²) in [7, 11) is 2.19. The highest BCUT2D eigenvalue weighted by molar-refractivity contribution is 5.84. The van der Waals surface area contributed by atoms with Crippen molar-refractivity contribution in [1.29, 1.82) is 0 Å². The fraction of sp³-hybridized carbons (Fsp3) is 0.500. The molecule has 1 aliphatic heterocycles. The molecule has 2 heterocycles. The number of hydrogen-bond donors (Lipinski definition) is 1. The Bertz CT molecular complexity index is 562. The highest BCUT2D eigenvalue weighted by Crippen LogP contribution is 2.26. The molecule has 0 radical (unpaired) electrons. The molecule has 1 aromatic carbocycles. The highest BCUT2D eigenvalue weighted by Gasteiger charge is 2.16. The molecule has 1 N–H and O–H groups in total. The van der Waals surface area contributed by atoms with E-state index in [1.165, 1.54) is 22.3 Å². The quantitative estimate of drug-likeness (QED) is 0.893. The Morgan fingerprint density at radius 1 is 1.05 bits per heavy atom. The van der Waals surface area contributed by atoms with Crippen molar-refractivity contribution in [2.24, 2.45) is 0 Å². The average molecular weight is 257 g/mol. The first-order valence-corrected chi connectivity index (χ1v) is 7.19. The van der Waals surface area contributed by atoms with Gasteiger partial charge in [0.1, 0.15) is 5.82 Å². The lowest BCUT2D eigenvalue weighted by Crippen LogP contribution is -2.44. The number of nitrogens with zero attached hydrogens (tertiary/aromatic N) is 2. The fourth-order valence-electron chi connectivity index (χ4n) is 2.71. The predicted octanol–water partition coefficient (Wildman–Crippen LogP) is 3.04. The molecule has 1 fully saturated rings. The number of likely N-dealkylation sites (N-methyl/N-ethyl adjacent to an activating group) is 1. The van der Waals surface area contributed by atoms with Crippen molar-refractivity contribution < 1.29 is 0 Å². The number of H-pyrrole nitrogens is 1. The van der Waals surface area contributed by atoms with E-state index < -0.39 is 0 Å². The van der Waals surface area contributed by atoms with Crippen molar-refractivity contribution in [3.8, 4) is 0 Å². The van der Waals surface area contributed by atoms with E-state index in [0.29, 0.717) is 5.92 Å². The first kappa shape index (κ1) is 12.5. The zero-order chi connectivity index (χ0) is 13.4. The van der Waals surface area contributed by atoms with Gasteiger partial charge in [0.15, 0.2) is 0 Å². The Labute approximate surface area is 115 Å². The molecule has 102 valence electrons. The lowest BCUT2D eigenvalue weighted by atomic mass is 10.0. The standard InChI is InChI=1S/C16H23N3/c1-12(2)13-4-5-15-14(10-13)11-16(17-15)19-8-6-18(3)7-9-19/h4-5,10-12,17H,6-9H2,1-3H3. The van der Waals surface area contributed by atoms with Gasteiger partial charge >= 0.3 is 0 Å². The van der Waals surface area contributed by atoms with Crippen LogP contribution in [-0.4, -0.2) is 43.1 Å². The Kier molecular flexibility index (Phi) is 3.23. The van der Waals surface area contributed by atoms with Crippen molar-refractivity contribution in [2.75, 3.05) is 38.1 Å². The molecule has 0 bridgehead atoms. The van der Waals surface area contributed by atoms with Crippen LogP contribution < -0.4 is 4.90 Å². The van der Waals surface area contributed by atoms with E-state index in [1.807, 2.05) is 0 Å². The summed E-state index contributed by atoms with van der Waals surface area (Å²) in [6, 6.07) is 9.06. The lowest BCUT2D eigenvalue weighted by molar-refractivity contribution is 0.312. The van der Waals surface area contributed by atoms with E-state index in [2.05, 4.69) is 59.9 Å². The molecule has 19 heavy (non-hydrogen) atoms. The second kappa shape index (κ2) is 4.89. The van der Waals surface area contributed by atoms with Gasteiger partial charge in [0.25, 0.3) is 0 Å². The monoisotopic (exact) mass is 257 g/mol. The minimum atomic E-state index is 0.589. The Morgan fingerprint density at radius 2 is 1.79 bits per heavy atom. The summed E-state index contributed by atoms with van der Waals surface area (Å²) in [4.78, 5) is 8.39. The molecule has 1 aromatic heterocycles. The average Bonchev–Trinajstić information content (AvgIpc) is 2.82. The molecule has 3 rings (SSSR count). The maximum atomic E-state index is 3.55. The van der Waals surface area contributed by atoms with E-state index in [1.54, 1.807) is 0 Å². The first-order chi connectivity index (χ1) is 9.13. The highest BCUT2D eigenvalue weighted by atomic mass is 15.3. The largest absolute Gasteiger partial charge is 0.356 e. The van der Waals surface area contributed by atoms with Gasteiger partial charge in [0.05, 0.1) is 0 Å². The van der Waals surface area contributed by atoms with Gasteiger partial charge in [-0.15, -0.1) is 0 Å². The van der Waals surface area contributed by atoms with E-state index in [0.717, 1.165) is 26.2 Å². The zero-order valence-electron chi connectivity index (χ0n) is 12.1. The molecule has 0 unspecified atom stereocenters. The Hall–Kier alpha value is -1.48. The molecule has 0 atom stereocenters. The van der Waals surface area contributed by atoms with Crippen LogP contribution in [0.15, 0.2) is 24.3 Å². The SMILES string of the molecule is CC(C)c1ccc2[nH]c(N3CCN(C)CC3)cc2c1. The van der Waals surface area contributed by atoms with Crippen molar-refractivity contribution in [3.05, 3.63) is 29.8 Å². The van der Waals surface area contributed by atoms with Gasteiger partial charge in [-0.25, -0.2) is 0 Å². The Morgan fingerprint density at radius 3 is 2.47 bits per heavy atom. The smallest absolute Gasteiger partial charge is 0.106 e. The summed E-state index contributed by atoms with van der Waals surface area (Å²) in [5.74, 6) is 1.86. The molecule has 2 aromatic rings. The third kappa shape index (κ3) is 2.47. The zero-order valence-corrected chi connectivity index (χ0v) is 12.1.